The summed E-state index contributed by atoms with van der Waals surface area (Å²) in [6.07, 6.45) is 2.82. The Balaban J connectivity index is 2.27. The Bertz CT molecular complexity index is 445. The van der Waals surface area contributed by atoms with Crippen LogP contribution in [0.25, 0.3) is 0 Å². The number of amides is 1. The van der Waals surface area contributed by atoms with Crippen molar-refractivity contribution in [2.24, 2.45) is 0 Å². The summed E-state index contributed by atoms with van der Waals surface area (Å²) >= 11 is 11.6. The molecule has 0 atom stereocenters. The van der Waals surface area contributed by atoms with E-state index < -0.39 is 11.7 Å². The molecule has 1 rings (SSSR count). The topological polar surface area (TPSA) is 51.2 Å². The maximum atomic E-state index is 11.4. The molecule has 0 unspecified atom stereocenters. The Labute approximate surface area is 123 Å². The second kappa shape index (κ2) is 6.96. The average molecular weight is 305 g/mol. The van der Waals surface area contributed by atoms with Crippen molar-refractivity contribution >= 4 is 29.3 Å². The minimum Gasteiger partial charge on any atom is -0.444 e. The van der Waals surface area contributed by atoms with Gasteiger partial charge < -0.3 is 10.1 Å². The smallest absolute Gasteiger partial charge is 0.407 e. The third kappa shape index (κ3) is 6.64. The molecule has 0 aliphatic carbocycles. The Kier molecular flexibility index (Phi) is 5.88. The quantitative estimate of drug-likeness (QED) is 0.679. The average Bonchev–Trinajstić information content (AvgIpc) is 2.27. The van der Waals surface area contributed by atoms with E-state index in [9.17, 15) is 4.79 Å². The highest BCUT2D eigenvalue weighted by atomic mass is 35.5. The van der Waals surface area contributed by atoms with Crippen molar-refractivity contribution in [3.8, 4) is 0 Å². The Morgan fingerprint density at radius 1 is 1.42 bits per heavy atom. The molecular formula is C13H18Cl2N2O2. The number of nitrogens with zero attached hydrogens (tertiary/aromatic N) is 1. The molecule has 1 N–H and O–H groups in total. The SMILES string of the molecule is CC(C)(C)OC(=O)NCCCc1cnc(Cl)c(Cl)c1. The fourth-order valence-electron chi connectivity index (χ4n) is 1.39. The van der Waals surface area contributed by atoms with E-state index in [-0.39, 0.29) is 0 Å². The Morgan fingerprint density at radius 2 is 2.11 bits per heavy atom. The first-order valence-electron chi connectivity index (χ1n) is 6.05. The molecule has 0 aliphatic heterocycles. The van der Waals surface area contributed by atoms with E-state index in [1.807, 2.05) is 20.8 Å². The van der Waals surface area contributed by atoms with Gasteiger partial charge in [-0.3, -0.25) is 0 Å². The molecule has 1 heterocycles. The summed E-state index contributed by atoms with van der Waals surface area (Å²) in [6.45, 7) is 6.02. The zero-order valence-corrected chi connectivity index (χ0v) is 12.8. The number of hydrogen-bond donors (Lipinski definition) is 1. The number of pyridine rings is 1. The third-order valence-electron chi connectivity index (χ3n) is 2.16. The maximum Gasteiger partial charge on any atom is 0.407 e. The summed E-state index contributed by atoms with van der Waals surface area (Å²) in [5, 5.41) is 3.44. The molecule has 0 fully saturated rings. The zero-order chi connectivity index (χ0) is 14.5. The number of nitrogens with one attached hydrogen (secondary N) is 1. The standard InChI is InChI=1S/C13H18Cl2N2O2/c1-13(2,3)19-12(18)16-6-4-5-9-7-10(14)11(15)17-8-9/h7-8H,4-6H2,1-3H3,(H,16,18). The van der Waals surface area contributed by atoms with Crippen LogP contribution in [0.1, 0.15) is 32.8 Å². The number of aromatic nitrogens is 1. The molecule has 1 aromatic heterocycles. The fraction of sp³-hybridized carbons (Fsp3) is 0.538. The summed E-state index contributed by atoms with van der Waals surface area (Å²) in [6, 6.07) is 1.78. The van der Waals surface area contributed by atoms with Crippen LogP contribution in [-0.4, -0.2) is 23.2 Å². The molecule has 0 saturated heterocycles. The van der Waals surface area contributed by atoms with Crippen LogP contribution in [0.5, 0.6) is 0 Å². The number of halogens is 2. The summed E-state index contributed by atoms with van der Waals surface area (Å²) in [7, 11) is 0. The van der Waals surface area contributed by atoms with Gasteiger partial charge in [-0.1, -0.05) is 23.2 Å². The van der Waals surface area contributed by atoms with Crippen LogP contribution in [-0.2, 0) is 11.2 Å². The molecule has 0 spiro atoms. The van der Waals surface area contributed by atoms with Crippen LogP contribution in [0, 0.1) is 0 Å². The van der Waals surface area contributed by atoms with Gasteiger partial charge in [-0.15, -0.1) is 0 Å². The predicted octanol–water partition coefficient (Wildman–Crippen LogP) is 3.85. The summed E-state index contributed by atoms with van der Waals surface area (Å²) < 4.78 is 5.12. The number of hydrogen-bond acceptors (Lipinski definition) is 3. The van der Waals surface area contributed by atoms with Crippen LogP contribution in [0.2, 0.25) is 10.2 Å². The normalized spacial score (nSPS) is 11.2. The van der Waals surface area contributed by atoms with E-state index in [4.69, 9.17) is 27.9 Å². The van der Waals surface area contributed by atoms with Crippen LogP contribution in [0.4, 0.5) is 4.79 Å². The number of alkyl carbamates (subject to hydrolysis) is 1. The van der Waals surface area contributed by atoms with Crippen LogP contribution < -0.4 is 5.32 Å². The van der Waals surface area contributed by atoms with Gasteiger partial charge in [-0.25, -0.2) is 9.78 Å². The highest BCUT2D eigenvalue weighted by Gasteiger charge is 2.15. The third-order valence-corrected chi connectivity index (χ3v) is 2.85. The van der Waals surface area contributed by atoms with Gasteiger partial charge in [0.2, 0.25) is 0 Å². The minimum absolute atomic E-state index is 0.303. The second-order valence-electron chi connectivity index (χ2n) is 5.15. The number of carbonyl (C=O) groups is 1. The van der Waals surface area contributed by atoms with Crippen molar-refractivity contribution in [1.29, 1.82) is 0 Å². The molecule has 0 aliphatic rings. The minimum atomic E-state index is -0.474. The second-order valence-corrected chi connectivity index (χ2v) is 5.91. The molecule has 19 heavy (non-hydrogen) atoms. The highest BCUT2D eigenvalue weighted by Crippen LogP contribution is 2.20. The van der Waals surface area contributed by atoms with Crippen molar-refractivity contribution < 1.29 is 9.53 Å². The largest absolute Gasteiger partial charge is 0.444 e. The van der Waals surface area contributed by atoms with Crippen molar-refractivity contribution in [2.75, 3.05) is 6.54 Å². The first-order valence-corrected chi connectivity index (χ1v) is 6.80. The lowest BCUT2D eigenvalue weighted by Gasteiger charge is -2.19. The number of rotatable bonds is 4. The van der Waals surface area contributed by atoms with Crippen LogP contribution in [0.15, 0.2) is 12.3 Å². The van der Waals surface area contributed by atoms with Gasteiger partial charge in [0.15, 0.2) is 0 Å². The monoisotopic (exact) mass is 304 g/mol. The first kappa shape index (κ1) is 16.1. The van der Waals surface area contributed by atoms with Gasteiger partial charge in [0, 0.05) is 12.7 Å². The molecule has 106 valence electrons. The van der Waals surface area contributed by atoms with Gasteiger partial charge in [-0.2, -0.15) is 0 Å². The summed E-state index contributed by atoms with van der Waals surface area (Å²) in [5.74, 6) is 0. The van der Waals surface area contributed by atoms with Crippen molar-refractivity contribution in [3.63, 3.8) is 0 Å². The van der Waals surface area contributed by atoms with E-state index in [1.54, 1.807) is 12.3 Å². The molecule has 0 bridgehead atoms. The fourth-order valence-corrected chi connectivity index (χ4v) is 1.69. The lowest BCUT2D eigenvalue weighted by molar-refractivity contribution is 0.0527. The van der Waals surface area contributed by atoms with Crippen molar-refractivity contribution in [1.82, 2.24) is 10.3 Å². The molecule has 4 nitrogen and oxygen atoms in total. The van der Waals surface area contributed by atoms with Gasteiger partial charge >= 0.3 is 6.09 Å². The number of carbonyl (C=O) groups excluding carboxylic acids is 1. The van der Waals surface area contributed by atoms with E-state index in [1.165, 1.54) is 0 Å². The number of ether oxygens (including phenoxy) is 1. The maximum absolute atomic E-state index is 11.4. The van der Waals surface area contributed by atoms with Gasteiger partial charge in [0.05, 0.1) is 5.02 Å². The first-order chi connectivity index (χ1) is 8.78. The van der Waals surface area contributed by atoms with E-state index >= 15 is 0 Å². The zero-order valence-electron chi connectivity index (χ0n) is 11.3. The van der Waals surface area contributed by atoms with E-state index in [0.29, 0.717) is 16.7 Å². The van der Waals surface area contributed by atoms with Gasteiger partial charge in [-0.05, 0) is 45.2 Å². The Hall–Kier alpha value is -1.000. The molecular weight excluding hydrogens is 287 g/mol. The summed E-state index contributed by atoms with van der Waals surface area (Å²) in [4.78, 5) is 15.3. The van der Waals surface area contributed by atoms with Gasteiger partial charge in [0.25, 0.3) is 0 Å². The van der Waals surface area contributed by atoms with E-state index in [2.05, 4.69) is 10.3 Å². The Morgan fingerprint density at radius 3 is 2.68 bits per heavy atom. The molecule has 0 radical (unpaired) electrons. The summed E-state index contributed by atoms with van der Waals surface area (Å²) in [5.41, 5.74) is 0.512. The molecule has 1 amide bonds. The predicted molar refractivity (Wildman–Crippen MR) is 76.8 cm³/mol. The van der Waals surface area contributed by atoms with Crippen LogP contribution >= 0.6 is 23.2 Å². The molecule has 6 heteroatoms. The lowest BCUT2D eigenvalue weighted by atomic mass is 10.1. The highest BCUT2D eigenvalue weighted by molar-refractivity contribution is 6.41. The van der Waals surface area contributed by atoms with Crippen molar-refractivity contribution in [3.05, 3.63) is 28.0 Å². The molecule has 0 saturated carbocycles. The van der Waals surface area contributed by atoms with Crippen LogP contribution in [0.3, 0.4) is 0 Å². The number of aryl methyl sites for hydroxylation is 1. The molecule has 1 aromatic rings. The molecule has 0 aromatic carbocycles. The lowest BCUT2D eigenvalue weighted by Crippen LogP contribution is -2.33. The van der Waals surface area contributed by atoms with Crippen molar-refractivity contribution in [2.45, 2.75) is 39.2 Å². The van der Waals surface area contributed by atoms with E-state index in [0.717, 1.165) is 18.4 Å². The van der Waals surface area contributed by atoms with Gasteiger partial charge in [0.1, 0.15) is 10.8 Å².